The van der Waals surface area contributed by atoms with Gasteiger partial charge in [-0.1, -0.05) is 6.92 Å². The van der Waals surface area contributed by atoms with E-state index in [0.717, 1.165) is 0 Å². The van der Waals surface area contributed by atoms with Crippen molar-refractivity contribution in [3.8, 4) is 0 Å². The van der Waals surface area contributed by atoms with Crippen LogP contribution in [0.25, 0.3) is 0 Å². The predicted molar refractivity (Wildman–Crippen MR) is 49.8 cm³/mol. The monoisotopic (exact) mass is 214 g/mol. The summed E-state index contributed by atoms with van der Waals surface area (Å²) in [6.07, 6.45) is 1.20. The summed E-state index contributed by atoms with van der Waals surface area (Å²) in [4.78, 5) is 34.6. The van der Waals surface area contributed by atoms with Gasteiger partial charge in [0.1, 0.15) is 0 Å². The fourth-order valence-electron chi connectivity index (χ4n) is 2.89. The molecule has 0 N–H and O–H groups in total. The molecule has 0 spiro atoms. The van der Waals surface area contributed by atoms with Crippen LogP contribution in [0.4, 0.5) is 0 Å². The number of hydrogen-bond donors (Lipinski definition) is 0. The number of ketones is 2. The van der Waals surface area contributed by atoms with Gasteiger partial charge >= 0.3 is 0 Å². The molecule has 0 aliphatic heterocycles. The molecule has 4 heteroatoms. The number of hydrogen-bond acceptors (Lipinski definition) is 3. The molecular weight excluding hydrogens is 204 g/mol. The Bertz CT molecular complexity index is 362. The van der Waals surface area contributed by atoms with Crippen LogP contribution in [0, 0.1) is 16.7 Å². The van der Waals surface area contributed by atoms with Crippen LogP contribution in [0.15, 0.2) is 0 Å². The minimum atomic E-state index is -0.970. The largest absolute Gasteiger partial charge is 0.291 e. The van der Waals surface area contributed by atoms with Crippen molar-refractivity contribution in [3.05, 3.63) is 0 Å². The molecule has 2 rings (SSSR count). The molecule has 76 valence electrons. The maximum absolute atomic E-state index is 11.6. The Morgan fingerprint density at radius 1 is 1.43 bits per heavy atom. The van der Waals surface area contributed by atoms with E-state index in [0.29, 0.717) is 12.8 Å². The number of carbonyl (C=O) groups is 3. The van der Waals surface area contributed by atoms with Crippen LogP contribution >= 0.6 is 11.6 Å². The van der Waals surface area contributed by atoms with Crippen LogP contribution in [0.1, 0.15) is 26.7 Å². The Hall–Kier alpha value is -0.700. The predicted octanol–water partition coefficient (Wildman–Crippen LogP) is 1.33. The van der Waals surface area contributed by atoms with Crippen LogP contribution in [0.3, 0.4) is 0 Å². The molecule has 2 aliphatic rings. The lowest BCUT2D eigenvalue weighted by Crippen LogP contribution is -2.39. The van der Waals surface area contributed by atoms with Gasteiger partial charge in [-0.05, 0) is 31.4 Å². The summed E-state index contributed by atoms with van der Waals surface area (Å²) in [5, 5.41) is -0.554. The van der Waals surface area contributed by atoms with Crippen molar-refractivity contribution in [1.29, 1.82) is 0 Å². The first kappa shape index (κ1) is 9.84. The van der Waals surface area contributed by atoms with Crippen LogP contribution < -0.4 is 0 Å². The summed E-state index contributed by atoms with van der Waals surface area (Å²) in [6.45, 7) is 3.32. The average Bonchev–Trinajstić information content (AvgIpc) is 2.45. The quantitative estimate of drug-likeness (QED) is 0.489. The fraction of sp³-hybridized carbons (Fsp3) is 0.700. The maximum atomic E-state index is 11.6. The van der Waals surface area contributed by atoms with E-state index in [1.807, 2.05) is 0 Å². The summed E-state index contributed by atoms with van der Waals surface area (Å²) < 4.78 is 0. The molecule has 0 amide bonds. The van der Waals surface area contributed by atoms with Gasteiger partial charge < -0.3 is 0 Å². The lowest BCUT2D eigenvalue weighted by Gasteiger charge is -2.31. The van der Waals surface area contributed by atoms with Crippen molar-refractivity contribution >= 4 is 28.4 Å². The molecule has 0 aromatic carbocycles. The van der Waals surface area contributed by atoms with E-state index in [1.165, 1.54) is 0 Å². The topological polar surface area (TPSA) is 51.2 Å². The standard InChI is InChI=1S/C10H11ClO3/c1-9-4-3-5(6(12)7(9)13)10(9,2)8(11)14/h5H,3-4H2,1-2H3. The van der Waals surface area contributed by atoms with Gasteiger partial charge in [-0.15, -0.1) is 0 Å². The Balaban J connectivity index is 2.62. The Morgan fingerprint density at radius 3 is 2.29 bits per heavy atom. The van der Waals surface area contributed by atoms with Crippen molar-refractivity contribution in [2.24, 2.45) is 16.7 Å². The highest BCUT2D eigenvalue weighted by atomic mass is 35.5. The third kappa shape index (κ3) is 0.738. The van der Waals surface area contributed by atoms with Gasteiger partial charge in [0, 0.05) is 11.3 Å². The summed E-state index contributed by atoms with van der Waals surface area (Å²) in [5.41, 5.74) is -1.82. The van der Waals surface area contributed by atoms with Crippen LogP contribution in [0.5, 0.6) is 0 Å². The smallest absolute Gasteiger partial charge is 0.229 e. The Labute approximate surface area is 86.8 Å². The van der Waals surface area contributed by atoms with Gasteiger partial charge in [0.2, 0.25) is 16.8 Å². The molecular formula is C10H11ClO3. The molecule has 3 atom stereocenters. The Morgan fingerprint density at radius 2 is 2.00 bits per heavy atom. The third-order valence-corrected chi connectivity index (χ3v) is 4.62. The van der Waals surface area contributed by atoms with Gasteiger partial charge in [-0.25, -0.2) is 0 Å². The van der Waals surface area contributed by atoms with E-state index in [1.54, 1.807) is 13.8 Å². The highest BCUT2D eigenvalue weighted by Gasteiger charge is 2.71. The fourth-order valence-corrected chi connectivity index (χ4v) is 3.23. The molecule has 2 fully saturated rings. The molecule has 3 unspecified atom stereocenters. The van der Waals surface area contributed by atoms with E-state index in [-0.39, 0.29) is 0 Å². The summed E-state index contributed by atoms with van der Waals surface area (Å²) in [6, 6.07) is 0. The molecule has 0 aromatic heterocycles. The van der Waals surface area contributed by atoms with E-state index >= 15 is 0 Å². The zero-order valence-corrected chi connectivity index (χ0v) is 8.85. The minimum absolute atomic E-state index is 0.407. The lowest BCUT2D eigenvalue weighted by molar-refractivity contribution is -0.141. The second-order valence-electron chi connectivity index (χ2n) is 4.59. The minimum Gasteiger partial charge on any atom is -0.291 e. The van der Waals surface area contributed by atoms with Gasteiger partial charge in [-0.3, -0.25) is 14.4 Å². The van der Waals surface area contributed by atoms with Crippen LogP contribution in [-0.4, -0.2) is 16.8 Å². The van der Waals surface area contributed by atoms with Crippen molar-refractivity contribution < 1.29 is 14.4 Å². The van der Waals surface area contributed by atoms with Gasteiger partial charge in [0.25, 0.3) is 0 Å². The van der Waals surface area contributed by atoms with Crippen molar-refractivity contribution in [2.75, 3.05) is 0 Å². The third-order valence-electron chi connectivity index (χ3n) is 4.23. The SMILES string of the molecule is CC12CCC(C(=O)C1=O)C2(C)C(=O)Cl. The van der Waals surface area contributed by atoms with Crippen molar-refractivity contribution in [1.82, 2.24) is 0 Å². The van der Waals surface area contributed by atoms with Crippen molar-refractivity contribution in [3.63, 3.8) is 0 Å². The molecule has 0 radical (unpaired) electrons. The van der Waals surface area contributed by atoms with Gasteiger partial charge in [-0.2, -0.15) is 0 Å². The molecule has 3 nitrogen and oxygen atoms in total. The zero-order chi connectivity index (χ0) is 10.7. The lowest BCUT2D eigenvalue weighted by atomic mass is 9.70. The summed E-state index contributed by atoms with van der Waals surface area (Å²) >= 11 is 5.53. The molecule has 2 saturated carbocycles. The van der Waals surface area contributed by atoms with E-state index < -0.39 is 33.6 Å². The van der Waals surface area contributed by atoms with E-state index in [4.69, 9.17) is 11.6 Å². The average molecular weight is 215 g/mol. The highest BCUT2D eigenvalue weighted by Crippen LogP contribution is 2.63. The second kappa shape index (κ2) is 2.45. The maximum Gasteiger partial charge on any atom is 0.229 e. The molecule has 2 bridgehead atoms. The normalized spacial score (nSPS) is 46.1. The van der Waals surface area contributed by atoms with E-state index in [2.05, 4.69) is 0 Å². The highest BCUT2D eigenvalue weighted by molar-refractivity contribution is 6.66. The zero-order valence-electron chi connectivity index (χ0n) is 8.09. The number of carbonyl (C=O) groups excluding carboxylic acids is 3. The molecule has 2 aliphatic carbocycles. The summed E-state index contributed by atoms with van der Waals surface area (Å²) in [7, 11) is 0. The van der Waals surface area contributed by atoms with Crippen LogP contribution in [-0.2, 0) is 14.4 Å². The Kier molecular flexibility index (Phi) is 1.72. The first-order chi connectivity index (χ1) is 6.35. The molecule has 14 heavy (non-hydrogen) atoms. The number of Topliss-reactive ketones (excluding diaryl/α,β-unsaturated/α-hetero) is 2. The summed E-state index contributed by atoms with van der Waals surface area (Å²) in [5.74, 6) is -1.30. The molecule has 0 saturated heterocycles. The number of rotatable bonds is 1. The first-order valence-corrected chi connectivity index (χ1v) is 5.02. The second-order valence-corrected chi connectivity index (χ2v) is 4.94. The first-order valence-electron chi connectivity index (χ1n) is 4.64. The van der Waals surface area contributed by atoms with Crippen molar-refractivity contribution in [2.45, 2.75) is 26.7 Å². The van der Waals surface area contributed by atoms with Gasteiger partial charge in [0.15, 0.2) is 0 Å². The van der Waals surface area contributed by atoms with Crippen LogP contribution in [0.2, 0.25) is 0 Å². The number of fused-ring (bicyclic) bond motifs is 2. The van der Waals surface area contributed by atoms with Gasteiger partial charge in [0.05, 0.1) is 5.41 Å². The molecule has 0 heterocycles. The number of halogens is 1. The van der Waals surface area contributed by atoms with E-state index in [9.17, 15) is 14.4 Å². The molecule has 0 aromatic rings.